The van der Waals surface area contributed by atoms with Crippen molar-refractivity contribution in [2.75, 3.05) is 11.9 Å². The highest BCUT2D eigenvalue weighted by molar-refractivity contribution is 6.31. The fourth-order valence-electron chi connectivity index (χ4n) is 7.02. The Morgan fingerprint density at radius 3 is 2.62 bits per heavy atom. The minimum atomic E-state index is -1.19. The summed E-state index contributed by atoms with van der Waals surface area (Å²) in [5.74, 6) is -1.50. The van der Waals surface area contributed by atoms with E-state index in [9.17, 15) is 14.7 Å². The van der Waals surface area contributed by atoms with Crippen molar-refractivity contribution in [3.8, 4) is 0 Å². The van der Waals surface area contributed by atoms with E-state index >= 15 is 4.39 Å². The fraction of sp³-hybridized carbons (Fsp3) is 0.345. The summed E-state index contributed by atoms with van der Waals surface area (Å²) in [5.41, 5.74) is 1.05. The molecule has 10 heteroatoms. The molecule has 1 aromatic heterocycles. The van der Waals surface area contributed by atoms with Crippen LogP contribution >= 0.6 is 23.2 Å². The number of halogens is 3. The number of pyridine rings is 1. The molecule has 0 unspecified atom stereocenters. The highest BCUT2D eigenvalue weighted by Crippen LogP contribution is 2.60. The van der Waals surface area contributed by atoms with Crippen LogP contribution in [0.15, 0.2) is 54.6 Å². The third-order valence-electron chi connectivity index (χ3n) is 8.83. The predicted octanol–water partition coefficient (Wildman–Crippen LogP) is 5.35. The van der Waals surface area contributed by atoms with Crippen LogP contribution in [0.5, 0.6) is 0 Å². The number of hydrogen-bond acceptors (Lipinski definition) is 5. The van der Waals surface area contributed by atoms with Gasteiger partial charge in [0, 0.05) is 36.2 Å². The van der Waals surface area contributed by atoms with E-state index in [0.29, 0.717) is 35.8 Å². The Balaban J connectivity index is 1.39. The van der Waals surface area contributed by atoms with Crippen molar-refractivity contribution < 1.29 is 19.1 Å². The smallest absolute Gasteiger partial charge is 0.335 e. The van der Waals surface area contributed by atoms with Crippen LogP contribution in [0.1, 0.15) is 58.3 Å². The quantitative estimate of drug-likeness (QED) is 0.360. The topological polar surface area (TPSA) is 94.6 Å². The molecule has 0 radical (unpaired) electrons. The maximum absolute atomic E-state index is 15.9. The lowest BCUT2D eigenvalue weighted by Crippen LogP contribution is -2.53. The Morgan fingerprint density at radius 2 is 1.90 bits per heavy atom. The number of aromatic carboxylic acids is 1. The molecule has 39 heavy (non-hydrogen) atoms. The third kappa shape index (κ3) is 3.73. The summed E-state index contributed by atoms with van der Waals surface area (Å²) in [4.78, 5) is 32.2. The van der Waals surface area contributed by atoms with E-state index in [-0.39, 0.29) is 39.8 Å². The van der Waals surface area contributed by atoms with Gasteiger partial charge in [0.15, 0.2) is 0 Å². The van der Waals surface area contributed by atoms with Crippen LogP contribution in [0.25, 0.3) is 0 Å². The zero-order valence-corrected chi connectivity index (χ0v) is 22.2. The number of amides is 1. The van der Waals surface area contributed by atoms with Crippen molar-refractivity contribution in [2.45, 2.75) is 48.8 Å². The second-order valence-corrected chi connectivity index (χ2v) is 11.7. The molecule has 1 spiro atoms. The molecule has 1 saturated carbocycles. The largest absolute Gasteiger partial charge is 0.478 e. The number of carbonyl (C=O) groups excluding carboxylic acids is 1. The minimum Gasteiger partial charge on any atom is -0.478 e. The van der Waals surface area contributed by atoms with Crippen LogP contribution < -0.4 is 10.6 Å². The van der Waals surface area contributed by atoms with Crippen LogP contribution in [0.4, 0.5) is 10.2 Å². The van der Waals surface area contributed by atoms with Gasteiger partial charge < -0.3 is 15.7 Å². The molecule has 3 fully saturated rings. The number of fused-ring (bicyclic) bond motifs is 3. The third-order valence-corrected chi connectivity index (χ3v) is 9.33. The van der Waals surface area contributed by atoms with E-state index in [4.69, 9.17) is 23.2 Å². The van der Waals surface area contributed by atoms with Gasteiger partial charge in [-0.1, -0.05) is 47.5 Å². The summed E-state index contributed by atoms with van der Waals surface area (Å²) in [5, 5.41) is 16.3. The maximum Gasteiger partial charge on any atom is 0.335 e. The molecule has 2 aromatic carbocycles. The van der Waals surface area contributed by atoms with Gasteiger partial charge in [-0.2, -0.15) is 0 Å². The number of aromatic nitrogens is 1. The number of hydrogen-bond donors (Lipinski definition) is 3. The Labute approximate surface area is 234 Å². The van der Waals surface area contributed by atoms with E-state index < -0.39 is 23.2 Å². The van der Waals surface area contributed by atoms with E-state index in [1.54, 1.807) is 30.3 Å². The number of carbonyl (C=O) groups is 2. The number of likely N-dealkylation sites (tertiary alicyclic amines) is 1. The van der Waals surface area contributed by atoms with Crippen LogP contribution in [0.3, 0.4) is 0 Å². The first-order valence-electron chi connectivity index (χ1n) is 13.1. The number of nitrogens with zero attached hydrogens (tertiary/aromatic N) is 2. The molecule has 2 saturated heterocycles. The molecule has 7 nitrogen and oxygen atoms in total. The van der Waals surface area contributed by atoms with Crippen LogP contribution in [-0.4, -0.2) is 45.5 Å². The van der Waals surface area contributed by atoms with Crippen molar-refractivity contribution in [3.05, 3.63) is 92.8 Å². The van der Waals surface area contributed by atoms with Gasteiger partial charge in [-0.25, -0.2) is 14.2 Å². The summed E-state index contributed by atoms with van der Waals surface area (Å²) in [6.07, 6.45) is 2.84. The molecule has 4 aliphatic rings. The van der Waals surface area contributed by atoms with Crippen molar-refractivity contribution in [1.29, 1.82) is 0 Å². The first kappa shape index (κ1) is 25.0. The lowest BCUT2D eigenvalue weighted by molar-refractivity contribution is -0.128. The summed E-state index contributed by atoms with van der Waals surface area (Å²) in [6, 6.07) is 14.8. The second-order valence-electron chi connectivity index (χ2n) is 10.9. The lowest BCUT2D eigenvalue weighted by Gasteiger charge is -2.40. The molecule has 4 heterocycles. The number of carboxylic acids is 1. The monoisotopic (exact) mass is 566 g/mol. The molecule has 1 amide bonds. The van der Waals surface area contributed by atoms with Gasteiger partial charge in [-0.15, -0.1) is 0 Å². The molecule has 3 aliphatic heterocycles. The fourth-order valence-corrected chi connectivity index (χ4v) is 7.35. The molecule has 5 atom stereocenters. The Morgan fingerprint density at radius 1 is 1.13 bits per heavy atom. The molecule has 3 aromatic rings. The van der Waals surface area contributed by atoms with E-state index in [1.807, 2.05) is 18.2 Å². The first-order valence-corrected chi connectivity index (χ1v) is 13.8. The van der Waals surface area contributed by atoms with Gasteiger partial charge >= 0.3 is 5.97 Å². The first-order chi connectivity index (χ1) is 18.8. The van der Waals surface area contributed by atoms with Crippen molar-refractivity contribution >= 4 is 40.9 Å². The van der Waals surface area contributed by atoms with Crippen molar-refractivity contribution in [3.63, 3.8) is 0 Å². The van der Waals surface area contributed by atoms with Gasteiger partial charge in [-0.05, 0) is 66.6 Å². The SMILES string of the molecule is O=C(O)c1ccc([C@@H]2C[C@H]3[C@@H](N2)[C@H](c2cccc(Cl)c2F)[C@]2(C(=O)Nc4nc(Cl)ccc42)N3CC2CC2)cc1. The average Bonchev–Trinajstić information content (AvgIpc) is 3.48. The van der Waals surface area contributed by atoms with Gasteiger partial charge in [0.1, 0.15) is 22.3 Å². The number of anilines is 1. The van der Waals surface area contributed by atoms with Crippen LogP contribution in [0, 0.1) is 11.7 Å². The highest BCUT2D eigenvalue weighted by Gasteiger charge is 2.69. The Hall–Kier alpha value is -3.04. The van der Waals surface area contributed by atoms with Crippen molar-refractivity contribution in [2.24, 2.45) is 5.92 Å². The second kappa shape index (κ2) is 8.99. The van der Waals surface area contributed by atoms with Gasteiger partial charge in [0.2, 0.25) is 0 Å². The molecular formula is C29H25Cl2FN4O3. The molecular weight excluding hydrogens is 542 g/mol. The van der Waals surface area contributed by atoms with Crippen molar-refractivity contribution in [1.82, 2.24) is 15.2 Å². The zero-order valence-electron chi connectivity index (χ0n) is 20.7. The number of nitrogens with one attached hydrogen (secondary N) is 2. The zero-order chi connectivity index (χ0) is 27.1. The maximum atomic E-state index is 15.9. The molecule has 200 valence electrons. The molecule has 7 rings (SSSR count). The highest BCUT2D eigenvalue weighted by atomic mass is 35.5. The Kier molecular flexibility index (Phi) is 5.76. The standard InChI is InChI=1S/C29H25Cl2FN4O3/c30-19-3-1-2-17(24(19)32)23-25-21(12-20(33-25)15-6-8-16(9-7-15)27(37)38)36(13-14-4-5-14)29(23)18-10-11-22(31)34-26(18)35-28(29)39/h1-3,6-11,14,20-21,23,25,33H,4-5,12-13H2,(H,37,38)(H,34,35,39)/t20-,21-,23-,25+,29+/m0/s1. The van der Waals surface area contributed by atoms with E-state index in [1.165, 1.54) is 6.07 Å². The minimum absolute atomic E-state index is 0.00603. The van der Waals surface area contributed by atoms with Gasteiger partial charge in [0.05, 0.1) is 10.6 Å². The van der Waals surface area contributed by atoms with Gasteiger partial charge in [0.25, 0.3) is 5.91 Å². The van der Waals surface area contributed by atoms with Crippen LogP contribution in [-0.2, 0) is 10.3 Å². The average molecular weight is 567 g/mol. The predicted molar refractivity (Wildman–Crippen MR) is 145 cm³/mol. The lowest BCUT2D eigenvalue weighted by atomic mass is 9.74. The van der Waals surface area contributed by atoms with E-state index in [0.717, 1.165) is 18.4 Å². The number of carboxylic acid groups (broad SMARTS) is 1. The summed E-state index contributed by atoms with van der Waals surface area (Å²) >= 11 is 12.5. The molecule has 1 aliphatic carbocycles. The summed E-state index contributed by atoms with van der Waals surface area (Å²) in [7, 11) is 0. The normalized spacial score (nSPS) is 29.5. The summed E-state index contributed by atoms with van der Waals surface area (Å²) < 4.78 is 15.9. The van der Waals surface area contributed by atoms with Crippen LogP contribution in [0.2, 0.25) is 10.2 Å². The van der Waals surface area contributed by atoms with E-state index in [2.05, 4.69) is 20.5 Å². The number of benzene rings is 2. The Bertz CT molecular complexity index is 1510. The number of rotatable bonds is 5. The molecule has 3 N–H and O–H groups in total. The van der Waals surface area contributed by atoms with Gasteiger partial charge in [-0.3, -0.25) is 9.69 Å². The summed E-state index contributed by atoms with van der Waals surface area (Å²) in [6.45, 7) is 0.696. The molecule has 0 bridgehead atoms.